The molecule has 0 bridgehead atoms. The lowest BCUT2D eigenvalue weighted by Crippen LogP contribution is -2.34. The van der Waals surface area contributed by atoms with Crippen molar-refractivity contribution in [2.24, 2.45) is 11.8 Å². The molecule has 0 saturated heterocycles. The van der Waals surface area contributed by atoms with E-state index in [-0.39, 0.29) is 41.9 Å². The molecule has 8 nitrogen and oxygen atoms in total. The van der Waals surface area contributed by atoms with Crippen molar-refractivity contribution in [3.63, 3.8) is 0 Å². The molecule has 0 aromatic carbocycles. The van der Waals surface area contributed by atoms with Crippen LogP contribution in [-0.4, -0.2) is 34.3 Å². The predicted molar refractivity (Wildman–Crippen MR) is 94.2 cm³/mol. The molecule has 2 aliphatic carbocycles. The Hall–Kier alpha value is -2.56. The number of ether oxygens (including phenoxy) is 1. The fraction of sp³-hybridized carbons (Fsp3) is 0.667. The summed E-state index contributed by atoms with van der Waals surface area (Å²) in [5.41, 5.74) is 0.932. The highest BCUT2D eigenvalue weighted by Crippen LogP contribution is 2.39. The van der Waals surface area contributed by atoms with Crippen molar-refractivity contribution < 1.29 is 14.3 Å². The average molecular weight is 359 g/mol. The molecule has 3 rings (SSSR count). The van der Waals surface area contributed by atoms with Gasteiger partial charge in [-0.25, -0.2) is 4.79 Å². The number of hydrogen-bond acceptors (Lipinski definition) is 5. The largest absolute Gasteiger partial charge is 0.446 e. The number of rotatable bonds is 6. The third kappa shape index (κ3) is 4.34. The molecular weight excluding hydrogens is 334 g/mol. The second-order valence-electron chi connectivity index (χ2n) is 7.27. The molecule has 2 amide bonds. The molecule has 1 aromatic heterocycles. The molecular formula is C18H25N5O3. The number of nitrogens with zero attached hydrogens (tertiary/aromatic N) is 2. The van der Waals surface area contributed by atoms with Gasteiger partial charge in [0.2, 0.25) is 5.91 Å². The van der Waals surface area contributed by atoms with Crippen LogP contribution < -0.4 is 10.6 Å². The van der Waals surface area contributed by atoms with Crippen LogP contribution in [0.3, 0.4) is 0 Å². The van der Waals surface area contributed by atoms with E-state index in [0.717, 1.165) is 31.4 Å². The Morgan fingerprint density at radius 3 is 2.96 bits per heavy atom. The number of carbonyl (C=O) groups is 2. The maximum Gasteiger partial charge on any atom is 0.407 e. The molecule has 1 heterocycles. The van der Waals surface area contributed by atoms with Gasteiger partial charge >= 0.3 is 6.09 Å². The number of amides is 2. The van der Waals surface area contributed by atoms with Gasteiger partial charge in [-0.1, -0.05) is 6.92 Å². The lowest BCUT2D eigenvalue weighted by molar-refractivity contribution is -0.117. The Labute approximate surface area is 152 Å². The minimum Gasteiger partial charge on any atom is -0.446 e. The van der Waals surface area contributed by atoms with Crippen LogP contribution in [0.5, 0.6) is 0 Å². The van der Waals surface area contributed by atoms with E-state index in [1.165, 1.54) is 0 Å². The van der Waals surface area contributed by atoms with Gasteiger partial charge in [0.25, 0.3) is 0 Å². The lowest BCUT2D eigenvalue weighted by atomic mass is 10.0. The fourth-order valence-corrected chi connectivity index (χ4v) is 3.27. The smallest absolute Gasteiger partial charge is 0.407 e. The number of hydrogen-bond donors (Lipinski definition) is 3. The summed E-state index contributed by atoms with van der Waals surface area (Å²) >= 11 is 0. The number of carbonyl (C=O) groups excluding carboxylic acids is 2. The molecule has 2 aliphatic rings. The lowest BCUT2D eigenvalue weighted by Gasteiger charge is -2.16. The van der Waals surface area contributed by atoms with Crippen LogP contribution in [0.2, 0.25) is 0 Å². The Morgan fingerprint density at radius 2 is 2.27 bits per heavy atom. The van der Waals surface area contributed by atoms with Gasteiger partial charge in [0.05, 0.1) is 17.9 Å². The minimum atomic E-state index is -0.362. The molecule has 140 valence electrons. The number of anilines is 1. The van der Waals surface area contributed by atoms with Crippen molar-refractivity contribution >= 4 is 17.8 Å². The van der Waals surface area contributed by atoms with Crippen molar-refractivity contribution in [2.45, 2.75) is 64.0 Å². The maximum atomic E-state index is 12.0. The van der Waals surface area contributed by atoms with E-state index in [9.17, 15) is 9.59 Å². The van der Waals surface area contributed by atoms with Crippen LogP contribution in [-0.2, 0) is 9.53 Å². The van der Waals surface area contributed by atoms with Crippen molar-refractivity contribution in [3.05, 3.63) is 11.8 Å². The quantitative estimate of drug-likeness (QED) is 0.721. The molecule has 0 radical (unpaired) electrons. The van der Waals surface area contributed by atoms with E-state index in [1.54, 1.807) is 0 Å². The zero-order valence-electron chi connectivity index (χ0n) is 15.1. The van der Waals surface area contributed by atoms with Crippen LogP contribution in [0.4, 0.5) is 10.6 Å². The van der Waals surface area contributed by atoms with Gasteiger partial charge < -0.3 is 15.4 Å². The number of nitriles is 1. The van der Waals surface area contributed by atoms with Crippen molar-refractivity contribution in [1.29, 1.82) is 5.26 Å². The zero-order chi connectivity index (χ0) is 18.7. The van der Waals surface area contributed by atoms with Gasteiger partial charge in [0, 0.05) is 23.7 Å². The molecule has 0 spiro atoms. The summed E-state index contributed by atoms with van der Waals surface area (Å²) in [6.45, 7) is 3.95. The van der Waals surface area contributed by atoms with E-state index in [4.69, 9.17) is 10.00 Å². The topological polar surface area (TPSA) is 120 Å². The molecule has 26 heavy (non-hydrogen) atoms. The minimum absolute atomic E-state index is 0.102. The Balaban J connectivity index is 1.47. The summed E-state index contributed by atoms with van der Waals surface area (Å²) in [6, 6.07) is 4.04. The first-order valence-electron chi connectivity index (χ1n) is 9.23. The van der Waals surface area contributed by atoms with Gasteiger partial charge in [0.1, 0.15) is 6.10 Å². The third-order valence-corrected chi connectivity index (χ3v) is 5.22. The SMILES string of the molecule is CC[C@H](C)NC(=O)O[C@@H]1CC[C@H](c2cc(NC(=O)[C@@H]3C[C@H]3C#N)n[nH]2)C1. The number of alkyl carbamates (subject to hydrolysis) is 1. The average Bonchev–Trinajstić information content (AvgIpc) is 3.03. The second kappa shape index (κ2) is 7.77. The fourth-order valence-electron chi connectivity index (χ4n) is 3.27. The van der Waals surface area contributed by atoms with Gasteiger partial charge in [0.15, 0.2) is 5.82 Å². The third-order valence-electron chi connectivity index (χ3n) is 5.22. The summed E-state index contributed by atoms with van der Waals surface area (Å²) in [5.74, 6) is 0.176. The van der Waals surface area contributed by atoms with Crippen LogP contribution in [0.15, 0.2) is 6.07 Å². The van der Waals surface area contributed by atoms with Crippen LogP contribution in [0.1, 0.15) is 57.6 Å². The summed E-state index contributed by atoms with van der Waals surface area (Å²) in [6.07, 6.45) is 3.47. The summed E-state index contributed by atoms with van der Waals surface area (Å²) in [7, 11) is 0. The molecule has 0 unspecified atom stereocenters. The standard InChI is InChI=1S/C18H25N5O3/c1-3-10(2)20-18(25)26-13-5-4-11(6-13)15-8-16(23-22-15)21-17(24)14-7-12(14)9-19/h8,10-14H,3-7H2,1-2H3,(H,20,25)(H2,21,22,23,24)/t10-,11-,12-,13+,14+/m0/s1. The molecule has 1 aromatic rings. The normalized spacial score (nSPS) is 28.0. The van der Waals surface area contributed by atoms with E-state index >= 15 is 0 Å². The molecule has 3 N–H and O–H groups in total. The summed E-state index contributed by atoms with van der Waals surface area (Å²) in [4.78, 5) is 23.8. The molecule has 8 heteroatoms. The summed E-state index contributed by atoms with van der Waals surface area (Å²) in [5, 5.41) is 21.5. The summed E-state index contributed by atoms with van der Waals surface area (Å²) < 4.78 is 5.49. The van der Waals surface area contributed by atoms with Crippen molar-refractivity contribution in [2.75, 3.05) is 5.32 Å². The predicted octanol–water partition coefficient (Wildman–Crippen LogP) is 2.67. The number of H-pyrrole nitrogens is 1. The highest BCUT2D eigenvalue weighted by atomic mass is 16.6. The first-order chi connectivity index (χ1) is 12.5. The number of aromatic amines is 1. The molecule has 2 saturated carbocycles. The number of nitrogens with one attached hydrogen (secondary N) is 3. The highest BCUT2D eigenvalue weighted by molar-refractivity contribution is 5.94. The zero-order valence-corrected chi connectivity index (χ0v) is 15.1. The van der Waals surface area contributed by atoms with Crippen LogP contribution in [0.25, 0.3) is 0 Å². The van der Waals surface area contributed by atoms with Crippen LogP contribution in [0, 0.1) is 23.2 Å². The van der Waals surface area contributed by atoms with E-state index < -0.39 is 0 Å². The van der Waals surface area contributed by atoms with Crippen LogP contribution >= 0.6 is 0 Å². The van der Waals surface area contributed by atoms with Gasteiger partial charge in [-0.15, -0.1) is 0 Å². The molecule has 2 fully saturated rings. The molecule has 5 atom stereocenters. The van der Waals surface area contributed by atoms with E-state index in [2.05, 4.69) is 26.9 Å². The van der Waals surface area contributed by atoms with Gasteiger partial charge in [-0.2, -0.15) is 10.4 Å². The Kier molecular flexibility index (Phi) is 5.45. The van der Waals surface area contributed by atoms with Gasteiger partial charge in [-0.05, 0) is 39.0 Å². The Morgan fingerprint density at radius 1 is 1.46 bits per heavy atom. The van der Waals surface area contributed by atoms with Crippen molar-refractivity contribution in [3.8, 4) is 6.07 Å². The second-order valence-corrected chi connectivity index (χ2v) is 7.27. The molecule has 0 aliphatic heterocycles. The van der Waals surface area contributed by atoms with Crippen molar-refractivity contribution in [1.82, 2.24) is 15.5 Å². The highest BCUT2D eigenvalue weighted by Gasteiger charge is 2.43. The number of aromatic nitrogens is 2. The first kappa shape index (κ1) is 18.2. The van der Waals surface area contributed by atoms with Gasteiger partial charge in [-0.3, -0.25) is 9.89 Å². The Bertz CT molecular complexity index is 710. The van der Waals surface area contributed by atoms with E-state index in [0.29, 0.717) is 12.2 Å². The first-order valence-corrected chi connectivity index (χ1v) is 9.23. The van der Waals surface area contributed by atoms with E-state index in [1.807, 2.05) is 19.9 Å². The maximum absolute atomic E-state index is 12.0. The monoisotopic (exact) mass is 359 g/mol.